The quantitative estimate of drug-likeness (QED) is 0.152. The van der Waals surface area contributed by atoms with Crippen molar-refractivity contribution >= 4 is 40.7 Å². The van der Waals surface area contributed by atoms with Gasteiger partial charge >= 0.3 is 23.6 Å². The summed E-state index contributed by atoms with van der Waals surface area (Å²) in [5.41, 5.74) is -1.25. The Kier molecular flexibility index (Phi) is 9.88. The molecule has 2 aromatic heterocycles. The Morgan fingerprint density at radius 1 is 0.717 bits per heavy atom. The number of aromatic nitrogens is 5. The summed E-state index contributed by atoms with van der Waals surface area (Å²) in [6.07, 6.45) is -5.93. The van der Waals surface area contributed by atoms with Gasteiger partial charge in [-0.3, -0.25) is 9.36 Å². The van der Waals surface area contributed by atoms with Crippen LogP contribution in [0.5, 0.6) is 0 Å². The fourth-order valence-electron chi connectivity index (χ4n) is 5.74. The number of ether oxygens (including phenoxy) is 4. The van der Waals surface area contributed by atoms with Crippen LogP contribution in [-0.4, -0.2) is 67.1 Å². The minimum atomic E-state index is -1.60. The van der Waals surface area contributed by atoms with E-state index >= 15 is 0 Å². The molecule has 4 atom stereocenters. The van der Waals surface area contributed by atoms with Crippen LogP contribution in [0.2, 0.25) is 5.02 Å². The number of rotatable bonds is 9. The summed E-state index contributed by atoms with van der Waals surface area (Å²) in [7, 11) is 1.23. The second-order valence-corrected chi connectivity index (χ2v) is 12.3. The number of benzene rings is 4. The Bertz CT molecular complexity index is 2430. The van der Waals surface area contributed by atoms with Crippen LogP contribution in [0.1, 0.15) is 37.3 Å². The van der Waals surface area contributed by atoms with Crippen molar-refractivity contribution in [1.29, 1.82) is 0 Å². The molecule has 0 saturated carbocycles. The summed E-state index contributed by atoms with van der Waals surface area (Å²) in [6.45, 7) is -0.501. The number of hydrogen-bond donors (Lipinski definition) is 0. The lowest BCUT2D eigenvalue weighted by Gasteiger charge is -2.25. The van der Waals surface area contributed by atoms with Crippen molar-refractivity contribution < 1.29 is 33.3 Å². The van der Waals surface area contributed by atoms with E-state index in [9.17, 15) is 24.0 Å². The standard InChI is InChI=1S/C38H28ClN5O9/c1-43-33(45)28-32(42-41-31(40-28)22-17-19-26(39)20-18-22)44(38(43)49)34-30(53-37(48)25-15-9-4-10-16-25)29(52-36(47)24-13-7-3-8-14-24)27(51-34)21-50-35(46)23-11-5-2-6-12-23/h2-20,27,29-30,34H,21H2,1H3/t27-,29-,30-,34-/m1/s1. The second kappa shape index (κ2) is 15.0. The Balaban J connectivity index is 1.35. The Morgan fingerprint density at radius 2 is 1.25 bits per heavy atom. The van der Waals surface area contributed by atoms with Crippen LogP contribution in [0, 0.1) is 0 Å². The molecule has 1 saturated heterocycles. The first-order valence-electron chi connectivity index (χ1n) is 16.2. The van der Waals surface area contributed by atoms with Crippen LogP contribution in [0.15, 0.2) is 125 Å². The number of carbonyl (C=O) groups is 3. The van der Waals surface area contributed by atoms with E-state index < -0.39 is 60.3 Å². The minimum Gasteiger partial charge on any atom is -0.459 e. The molecule has 1 aliphatic rings. The molecule has 6 aromatic rings. The third kappa shape index (κ3) is 7.18. The maximum Gasteiger partial charge on any atom is 0.338 e. The van der Waals surface area contributed by atoms with Crippen LogP contribution < -0.4 is 11.2 Å². The van der Waals surface area contributed by atoms with E-state index in [2.05, 4.69) is 15.2 Å². The summed E-state index contributed by atoms with van der Waals surface area (Å²) >= 11 is 6.04. The molecule has 0 spiro atoms. The molecule has 1 aliphatic heterocycles. The largest absolute Gasteiger partial charge is 0.459 e. The summed E-state index contributed by atoms with van der Waals surface area (Å²) in [6, 6.07) is 30.7. The van der Waals surface area contributed by atoms with E-state index in [-0.39, 0.29) is 33.7 Å². The average Bonchev–Trinajstić information content (AvgIpc) is 3.52. The van der Waals surface area contributed by atoms with Gasteiger partial charge in [0, 0.05) is 17.6 Å². The lowest BCUT2D eigenvalue weighted by molar-refractivity contribution is -0.0627. The van der Waals surface area contributed by atoms with Crippen LogP contribution in [0.25, 0.3) is 22.6 Å². The molecular formula is C38H28ClN5O9. The summed E-state index contributed by atoms with van der Waals surface area (Å²) < 4.78 is 25.7. The van der Waals surface area contributed by atoms with Crippen LogP contribution in [0.4, 0.5) is 0 Å². The molecule has 7 rings (SSSR count). The molecule has 0 unspecified atom stereocenters. The number of halogens is 1. The Hall–Kier alpha value is -6.51. The molecule has 15 heteroatoms. The van der Waals surface area contributed by atoms with Gasteiger partial charge in [0.15, 0.2) is 35.4 Å². The maximum absolute atomic E-state index is 14.0. The third-order valence-corrected chi connectivity index (χ3v) is 8.69. The van der Waals surface area contributed by atoms with Crippen molar-refractivity contribution in [3.63, 3.8) is 0 Å². The molecule has 4 aromatic carbocycles. The number of fused-ring (bicyclic) bond motifs is 1. The Morgan fingerprint density at radius 3 is 1.81 bits per heavy atom. The fourth-order valence-corrected chi connectivity index (χ4v) is 5.87. The molecule has 3 heterocycles. The van der Waals surface area contributed by atoms with Gasteiger partial charge in [0.1, 0.15) is 12.7 Å². The highest BCUT2D eigenvalue weighted by atomic mass is 35.5. The van der Waals surface area contributed by atoms with E-state index in [1.165, 1.54) is 31.3 Å². The zero-order valence-corrected chi connectivity index (χ0v) is 28.5. The summed E-state index contributed by atoms with van der Waals surface area (Å²) in [5.74, 6) is -2.30. The highest BCUT2D eigenvalue weighted by Crippen LogP contribution is 2.36. The first-order chi connectivity index (χ1) is 25.7. The van der Waals surface area contributed by atoms with Gasteiger partial charge in [-0.15, -0.1) is 10.2 Å². The van der Waals surface area contributed by atoms with Gasteiger partial charge in [0.2, 0.25) is 0 Å². The third-order valence-electron chi connectivity index (χ3n) is 8.43. The van der Waals surface area contributed by atoms with Crippen LogP contribution in [0.3, 0.4) is 0 Å². The SMILES string of the molecule is Cn1c(=O)c2nc(-c3ccc(Cl)cc3)nnc2n([C@@H]2O[C@H](COC(=O)c3ccccc3)[C@@H](OC(=O)c3ccccc3)[C@H]2OC(=O)c2ccccc2)c1=O. The predicted molar refractivity (Wildman–Crippen MR) is 189 cm³/mol. The van der Waals surface area contributed by atoms with Gasteiger partial charge in [0.05, 0.1) is 16.7 Å². The monoisotopic (exact) mass is 733 g/mol. The smallest absolute Gasteiger partial charge is 0.338 e. The summed E-state index contributed by atoms with van der Waals surface area (Å²) in [4.78, 5) is 72.1. The van der Waals surface area contributed by atoms with E-state index in [1.807, 2.05) is 0 Å². The van der Waals surface area contributed by atoms with E-state index in [4.69, 9.17) is 30.5 Å². The molecule has 14 nitrogen and oxygen atoms in total. The topological polar surface area (TPSA) is 171 Å². The predicted octanol–water partition coefficient (Wildman–Crippen LogP) is 4.41. The molecule has 0 bridgehead atoms. The van der Waals surface area contributed by atoms with Gasteiger partial charge in [-0.1, -0.05) is 66.2 Å². The van der Waals surface area contributed by atoms with E-state index in [1.54, 1.807) is 91.0 Å². The zero-order valence-electron chi connectivity index (χ0n) is 27.8. The van der Waals surface area contributed by atoms with Crippen molar-refractivity contribution in [3.8, 4) is 11.4 Å². The van der Waals surface area contributed by atoms with Crippen molar-refractivity contribution in [2.45, 2.75) is 24.5 Å². The van der Waals surface area contributed by atoms with Crippen molar-refractivity contribution in [2.75, 3.05) is 6.61 Å². The van der Waals surface area contributed by atoms with Crippen molar-refractivity contribution in [3.05, 3.63) is 158 Å². The van der Waals surface area contributed by atoms with Gasteiger partial charge in [0.25, 0.3) is 5.56 Å². The fraction of sp³-hybridized carbons (Fsp3) is 0.158. The van der Waals surface area contributed by atoms with Gasteiger partial charge < -0.3 is 18.9 Å². The lowest BCUT2D eigenvalue weighted by Crippen LogP contribution is -2.45. The normalized spacial score (nSPS) is 18.0. The molecule has 0 N–H and O–H groups in total. The van der Waals surface area contributed by atoms with Gasteiger partial charge in [-0.25, -0.2) is 28.7 Å². The molecule has 0 amide bonds. The van der Waals surface area contributed by atoms with Gasteiger partial charge in [-0.05, 0) is 60.7 Å². The maximum atomic E-state index is 14.0. The number of carbonyl (C=O) groups excluding carboxylic acids is 3. The van der Waals surface area contributed by atoms with Crippen molar-refractivity contribution in [2.24, 2.45) is 7.05 Å². The molecular weight excluding hydrogens is 706 g/mol. The molecule has 53 heavy (non-hydrogen) atoms. The first-order valence-corrected chi connectivity index (χ1v) is 16.6. The molecule has 0 radical (unpaired) electrons. The second-order valence-electron chi connectivity index (χ2n) is 11.8. The molecule has 266 valence electrons. The Labute approximate surface area is 305 Å². The lowest BCUT2D eigenvalue weighted by atomic mass is 10.1. The van der Waals surface area contributed by atoms with Crippen LogP contribution in [-0.2, 0) is 26.0 Å². The summed E-state index contributed by atoms with van der Waals surface area (Å²) in [5, 5.41) is 8.86. The molecule has 1 fully saturated rings. The van der Waals surface area contributed by atoms with E-state index in [0.717, 1.165) is 9.13 Å². The highest BCUT2D eigenvalue weighted by molar-refractivity contribution is 6.30. The first kappa shape index (κ1) is 34.9. The number of esters is 3. The highest BCUT2D eigenvalue weighted by Gasteiger charge is 2.52. The average molecular weight is 734 g/mol. The number of nitrogens with zero attached hydrogens (tertiary/aromatic N) is 5. The van der Waals surface area contributed by atoms with Gasteiger partial charge in [-0.2, -0.15) is 0 Å². The van der Waals surface area contributed by atoms with Crippen LogP contribution >= 0.6 is 11.6 Å². The minimum absolute atomic E-state index is 0.0660. The van der Waals surface area contributed by atoms with E-state index in [0.29, 0.717) is 10.6 Å². The number of hydrogen-bond acceptors (Lipinski definition) is 12. The molecule has 0 aliphatic carbocycles. The van der Waals surface area contributed by atoms with Crippen molar-refractivity contribution in [1.82, 2.24) is 24.3 Å². The zero-order chi connectivity index (χ0) is 37.1.